The summed E-state index contributed by atoms with van der Waals surface area (Å²) in [6.45, 7) is 3.35. The van der Waals surface area contributed by atoms with Crippen molar-refractivity contribution >= 4 is 0 Å². The van der Waals surface area contributed by atoms with Gasteiger partial charge in [-0.25, -0.2) is 4.90 Å². The van der Waals surface area contributed by atoms with Crippen LogP contribution in [0.1, 0.15) is 13.8 Å². The molecule has 0 amide bonds. The molecule has 0 bridgehead atoms. The quantitative estimate of drug-likeness (QED) is 0.529. The Balaban J connectivity index is 2.69. The molecule has 1 rings (SSSR count). The monoisotopic (exact) mass is 183 g/mol. The van der Waals surface area contributed by atoms with Gasteiger partial charge in [-0.3, -0.25) is 0 Å². The standard InChI is InChI=1S/C7H12F3NO/c1-5-3-12-4-6(2)11(5)7(8,9)10/h5-6H,3-4H2,1-2H3. The first-order valence-corrected chi connectivity index (χ1v) is 3.86. The van der Waals surface area contributed by atoms with E-state index in [0.717, 1.165) is 0 Å². The van der Waals surface area contributed by atoms with Crippen molar-refractivity contribution in [1.82, 2.24) is 4.90 Å². The third-order valence-corrected chi connectivity index (χ3v) is 1.96. The lowest BCUT2D eigenvalue weighted by molar-refractivity contribution is -0.288. The Morgan fingerprint density at radius 1 is 1.17 bits per heavy atom. The molecule has 0 aromatic heterocycles. The molecule has 0 spiro atoms. The van der Waals surface area contributed by atoms with Crippen LogP contribution in [0.5, 0.6) is 0 Å². The Bertz CT molecular complexity index is 149. The zero-order valence-electron chi connectivity index (χ0n) is 7.06. The fourth-order valence-electron chi connectivity index (χ4n) is 1.50. The van der Waals surface area contributed by atoms with Gasteiger partial charge in [-0.2, -0.15) is 13.2 Å². The van der Waals surface area contributed by atoms with E-state index in [1.165, 1.54) is 13.8 Å². The van der Waals surface area contributed by atoms with Gasteiger partial charge in [0, 0.05) is 12.1 Å². The number of hydrogen-bond acceptors (Lipinski definition) is 2. The smallest absolute Gasteiger partial charge is 0.378 e. The van der Waals surface area contributed by atoms with Crippen molar-refractivity contribution in [3.63, 3.8) is 0 Å². The van der Waals surface area contributed by atoms with Crippen LogP contribution in [-0.2, 0) is 4.74 Å². The van der Waals surface area contributed by atoms with Crippen LogP contribution in [-0.4, -0.2) is 36.5 Å². The number of rotatable bonds is 0. The van der Waals surface area contributed by atoms with E-state index < -0.39 is 18.4 Å². The lowest BCUT2D eigenvalue weighted by atomic mass is 10.2. The summed E-state index contributed by atoms with van der Waals surface area (Å²) in [7, 11) is 0. The van der Waals surface area contributed by atoms with Gasteiger partial charge in [0.05, 0.1) is 13.2 Å². The lowest BCUT2D eigenvalue weighted by Gasteiger charge is -2.39. The van der Waals surface area contributed by atoms with Crippen LogP contribution in [0.3, 0.4) is 0 Å². The highest BCUT2D eigenvalue weighted by Crippen LogP contribution is 2.28. The molecule has 72 valence electrons. The van der Waals surface area contributed by atoms with Crippen molar-refractivity contribution in [3.05, 3.63) is 0 Å². The number of morpholine rings is 1. The third kappa shape index (κ3) is 1.90. The average Bonchev–Trinajstić information content (AvgIpc) is 1.82. The maximum atomic E-state index is 12.3. The molecule has 2 nitrogen and oxygen atoms in total. The van der Waals surface area contributed by atoms with E-state index in [1.807, 2.05) is 0 Å². The predicted octanol–water partition coefficient (Wildman–Crippen LogP) is 1.62. The van der Waals surface area contributed by atoms with Crippen LogP contribution in [0.15, 0.2) is 0 Å². The van der Waals surface area contributed by atoms with Crippen LogP contribution < -0.4 is 0 Å². The molecule has 0 aliphatic carbocycles. The molecule has 12 heavy (non-hydrogen) atoms. The van der Waals surface area contributed by atoms with Gasteiger partial charge < -0.3 is 4.74 Å². The molecule has 1 aliphatic heterocycles. The van der Waals surface area contributed by atoms with Crippen molar-refractivity contribution in [1.29, 1.82) is 0 Å². The molecule has 0 saturated carbocycles. The first-order chi connectivity index (χ1) is 5.43. The van der Waals surface area contributed by atoms with Crippen LogP contribution in [0.4, 0.5) is 13.2 Å². The van der Waals surface area contributed by atoms with E-state index in [0.29, 0.717) is 4.90 Å². The zero-order chi connectivity index (χ0) is 9.35. The Morgan fingerprint density at radius 3 is 1.83 bits per heavy atom. The van der Waals surface area contributed by atoms with Gasteiger partial charge in [-0.1, -0.05) is 0 Å². The Labute approximate surface area is 69.3 Å². The molecule has 1 aliphatic rings. The van der Waals surface area contributed by atoms with E-state index in [2.05, 4.69) is 0 Å². The van der Waals surface area contributed by atoms with Crippen molar-refractivity contribution in [2.24, 2.45) is 0 Å². The molecule has 2 unspecified atom stereocenters. The van der Waals surface area contributed by atoms with E-state index in [9.17, 15) is 13.2 Å². The summed E-state index contributed by atoms with van der Waals surface area (Å²) < 4.78 is 41.9. The summed E-state index contributed by atoms with van der Waals surface area (Å²) in [5, 5.41) is 0. The molecule has 0 radical (unpaired) electrons. The average molecular weight is 183 g/mol. The first kappa shape index (κ1) is 9.80. The summed E-state index contributed by atoms with van der Waals surface area (Å²) in [5.74, 6) is 0. The molecule has 1 fully saturated rings. The minimum atomic E-state index is -4.23. The Kier molecular flexibility index (Phi) is 2.63. The van der Waals surface area contributed by atoms with Crippen molar-refractivity contribution < 1.29 is 17.9 Å². The molecule has 5 heteroatoms. The van der Waals surface area contributed by atoms with Gasteiger partial charge in [-0.15, -0.1) is 0 Å². The second kappa shape index (κ2) is 3.22. The molecular formula is C7H12F3NO. The Hall–Kier alpha value is -0.290. The molecule has 1 heterocycles. The van der Waals surface area contributed by atoms with Crippen molar-refractivity contribution in [3.8, 4) is 0 Å². The van der Waals surface area contributed by atoms with Crippen LogP contribution in [0.2, 0.25) is 0 Å². The number of hydrogen-bond donors (Lipinski definition) is 0. The summed E-state index contributed by atoms with van der Waals surface area (Å²) in [6, 6.07) is -1.15. The van der Waals surface area contributed by atoms with E-state index in [1.54, 1.807) is 0 Å². The van der Waals surface area contributed by atoms with Gasteiger partial charge in [0.2, 0.25) is 0 Å². The highest BCUT2D eigenvalue weighted by Gasteiger charge is 2.45. The molecule has 0 aromatic carbocycles. The van der Waals surface area contributed by atoms with Crippen molar-refractivity contribution in [2.45, 2.75) is 32.2 Å². The number of nitrogens with zero attached hydrogens (tertiary/aromatic N) is 1. The van der Waals surface area contributed by atoms with Crippen LogP contribution in [0.25, 0.3) is 0 Å². The van der Waals surface area contributed by atoms with Gasteiger partial charge in [0.15, 0.2) is 0 Å². The largest absolute Gasteiger partial charge is 0.460 e. The lowest BCUT2D eigenvalue weighted by Crippen LogP contribution is -2.56. The highest BCUT2D eigenvalue weighted by atomic mass is 19.4. The SMILES string of the molecule is CC1COCC(C)N1C(F)(F)F. The first-order valence-electron chi connectivity index (χ1n) is 3.86. The summed E-state index contributed by atoms with van der Waals surface area (Å²) in [5.41, 5.74) is 0. The molecule has 2 atom stereocenters. The molecule has 1 saturated heterocycles. The normalized spacial score (nSPS) is 33.8. The van der Waals surface area contributed by atoms with E-state index in [-0.39, 0.29) is 13.2 Å². The minimum Gasteiger partial charge on any atom is -0.378 e. The molecule has 0 aromatic rings. The fourth-order valence-corrected chi connectivity index (χ4v) is 1.50. The zero-order valence-corrected chi connectivity index (χ0v) is 7.06. The van der Waals surface area contributed by atoms with Gasteiger partial charge >= 0.3 is 6.30 Å². The highest BCUT2D eigenvalue weighted by molar-refractivity contribution is 4.79. The maximum Gasteiger partial charge on any atom is 0.460 e. The maximum absolute atomic E-state index is 12.3. The van der Waals surface area contributed by atoms with E-state index >= 15 is 0 Å². The van der Waals surface area contributed by atoms with Crippen LogP contribution >= 0.6 is 0 Å². The summed E-state index contributed by atoms with van der Waals surface area (Å²) in [6.07, 6.45) is -4.23. The Morgan fingerprint density at radius 2 is 1.58 bits per heavy atom. The molecule has 0 N–H and O–H groups in total. The number of alkyl halides is 3. The fraction of sp³-hybridized carbons (Fsp3) is 1.00. The molecular weight excluding hydrogens is 171 g/mol. The second-order valence-electron chi connectivity index (χ2n) is 3.11. The summed E-state index contributed by atoms with van der Waals surface area (Å²) >= 11 is 0. The van der Waals surface area contributed by atoms with Gasteiger partial charge in [0.25, 0.3) is 0 Å². The third-order valence-electron chi connectivity index (χ3n) is 1.96. The minimum absolute atomic E-state index is 0.157. The van der Waals surface area contributed by atoms with Gasteiger partial charge in [-0.05, 0) is 13.8 Å². The number of ether oxygens (including phenoxy) is 1. The topological polar surface area (TPSA) is 12.5 Å². The van der Waals surface area contributed by atoms with Crippen molar-refractivity contribution in [2.75, 3.05) is 13.2 Å². The second-order valence-corrected chi connectivity index (χ2v) is 3.11. The van der Waals surface area contributed by atoms with E-state index in [4.69, 9.17) is 4.74 Å². The summed E-state index contributed by atoms with van der Waals surface area (Å²) in [4.78, 5) is 0.538. The van der Waals surface area contributed by atoms with Gasteiger partial charge in [0.1, 0.15) is 0 Å². The predicted molar refractivity (Wildman–Crippen MR) is 37.6 cm³/mol. The number of halogens is 3. The van der Waals surface area contributed by atoms with Crippen LogP contribution in [0, 0.1) is 0 Å².